The van der Waals surface area contributed by atoms with Gasteiger partial charge in [0.25, 0.3) is 0 Å². The van der Waals surface area contributed by atoms with Gasteiger partial charge in [0, 0.05) is 24.9 Å². The number of nitrogens with zero attached hydrogens (tertiary/aromatic N) is 4. The molecule has 3 aromatic rings. The van der Waals surface area contributed by atoms with E-state index in [9.17, 15) is 45.6 Å². The maximum absolute atomic E-state index is 14.7. The second-order valence-corrected chi connectivity index (χ2v) is 7.48. The van der Waals surface area contributed by atoms with Crippen molar-refractivity contribution in [2.45, 2.75) is 18.0 Å². The monoisotopic (exact) mass is 528 g/mol. The number of rotatable bonds is 5. The van der Waals surface area contributed by atoms with Crippen LogP contribution in [0.3, 0.4) is 0 Å². The minimum atomic E-state index is -6.48. The second kappa shape index (κ2) is 8.55. The van der Waals surface area contributed by atoms with Gasteiger partial charge in [-0.3, -0.25) is 10.1 Å². The summed E-state index contributed by atoms with van der Waals surface area (Å²) in [7, 11) is 1.70. The van der Waals surface area contributed by atoms with Gasteiger partial charge in [-0.05, 0) is 17.7 Å². The molecule has 2 heterocycles. The molecule has 8 nitrogen and oxygen atoms in total. The van der Waals surface area contributed by atoms with Gasteiger partial charge in [0.05, 0.1) is 34.5 Å². The first kappa shape index (κ1) is 26.0. The number of nitro groups is 1. The van der Waals surface area contributed by atoms with E-state index >= 15 is 0 Å². The van der Waals surface area contributed by atoms with Gasteiger partial charge in [0.15, 0.2) is 0 Å². The summed E-state index contributed by atoms with van der Waals surface area (Å²) in [6.07, 6.45) is -10.9. The highest BCUT2D eigenvalue weighted by Crippen LogP contribution is 2.54. The van der Waals surface area contributed by atoms with Crippen LogP contribution in [0.4, 0.5) is 36.4 Å². The lowest BCUT2D eigenvalue weighted by Crippen LogP contribution is -2.51. The molecule has 0 aliphatic rings. The zero-order chi connectivity index (χ0) is 26.5. The van der Waals surface area contributed by atoms with Crippen molar-refractivity contribution in [1.82, 2.24) is 14.3 Å². The molecule has 0 aliphatic carbocycles. The Morgan fingerprint density at radius 1 is 1.09 bits per heavy atom. The molecule has 0 atom stereocenters. The Hall–Kier alpha value is -3.62. The quantitative estimate of drug-likeness (QED) is 0.188. The molecular formula is C19H12ClF7N4O4. The Kier molecular flexibility index (Phi) is 6.35. The van der Waals surface area contributed by atoms with Crippen LogP contribution in [-0.4, -0.2) is 44.7 Å². The Labute approximate surface area is 195 Å². The van der Waals surface area contributed by atoms with Gasteiger partial charge in [0.2, 0.25) is 5.82 Å². The predicted molar refractivity (Wildman–Crippen MR) is 106 cm³/mol. The number of methoxy groups -OCH3 is 1. The largest absolute Gasteiger partial charge is 0.465 e. The SMILES string of the molecule is COC(=O)c1cc(-c2cnn(-c3c([N+](=O)[O-])cc(C(F)(C(F)(F)F)C(F)(F)F)n3C)c2)ccc1Cl. The summed E-state index contributed by atoms with van der Waals surface area (Å²) in [5.74, 6) is -1.68. The molecule has 0 bridgehead atoms. The molecule has 0 unspecified atom stereocenters. The molecule has 188 valence electrons. The Bertz CT molecular complexity index is 1300. The first-order valence-corrected chi connectivity index (χ1v) is 9.52. The smallest absolute Gasteiger partial charge is 0.437 e. The standard InChI is InChI=1S/C19H12ClF7N4O4/c1-29-14(17(21,18(22,23)24)19(25,26)27)6-13(31(33)34)15(29)30-8-10(7-28-30)9-3-4-12(20)11(5-9)16(32)35-2/h3-8H,1-2H3. The Morgan fingerprint density at radius 2 is 1.69 bits per heavy atom. The van der Waals surface area contributed by atoms with Crippen molar-refractivity contribution in [1.29, 1.82) is 0 Å². The van der Waals surface area contributed by atoms with Crippen LogP contribution in [0.25, 0.3) is 16.9 Å². The maximum atomic E-state index is 14.7. The average Bonchev–Trinajstić information content (AvgIpc) is 3.36. The van der Waals surface area contributed by atoms with Gasteiger partial charge >= 0.3 is 29.7 Å². The number of hydrogen-bond acceptors (Lipinski definition) is 5. The van der Waals surface area contributed by atoms with Gasteiger partial charge in [-0.2, -0.15) is 31.4 Å². The zero-order valence-corrected chi connectivity index (χ0v) is 18.2. The molecule has 1 aromatic carbocycles. The third-order valence-corrected chi connectivity index (χ3v) is 5.35. The van der Waals surface area contributed by atoms with Gasteiger partial charge in [-0.1, -0.05) is 17.7 Å². The average molecular weight is 529 g/mol. The summed E-state index contributed by atoms with van der Waals surface area (Å²) in [6, 6.07) is 3.84. The lowest BCUT2D eigenvalue weighted by atomic mass is 10.0. The number of aromatic nitrogens is 3. The topological polar surface area (TPSA) is 92.2 Å². The molecule has 3 rings (SSSR count). The summed E-state index contributed by atoms with van der Waals surface area (Å²) < 4.78 is 99.4. The van der Waals surface area contributed by atoms with Crippen molar-refractivity contribution >= 4 is 23.3 Å². The summed E-state index contributed by atoms with van der Waals surface area (Å²) in [5.41, 5.74) is -8.90. The summed E-state index contributed by atoms with van der Waals surface area (Å²) in [6.45, 7) is 0. The molecule has 0 amide bonds. The van der Waals surface area contributed by atoms with E-state index in [1.54, 1.807) is 0 Å². The van der Waals surface area contributed by atoms with Crippen LogP contribution in [0.15, 0.2) is 36.7 Å². The molecule has 0 aliphatic heterocycles. The Morgan fingerprint density at radius 3 is 2.20 bits per heavy atom. The summed E-state index contributed by atoms with van der Waals surface area (Å²) in [5, 5.41) is 15.2. The summed E-state index contributed by atoms with van der Waals surface area (Å²) in [4.78, 5) is 22.0. The first-order valence-electron chi connectivity index (χ1n) is 9.14. The van der Waals surface area contributed by atoms with Crippen LogP contribution in [0.2, 0.25) is 5.02 Å². The van der Waals surface area contributed by atoms with Crippen LogP contribution in [-0.2, 0) is 17.5 Å². The van der Waals surface area contributed by atoms with E-state index in [0.29, 0.717) is 11.7 Å². The Balaban J connectivity index is 2.21. The van der Waals surface area contributed by atoms with Gasteiger partial charge in [0.1, 0.15) is 0 Å². The highest BCUT2D eigenvalue weighted by atomic mass is 35.5. The van der Waals surface area contributed by atoms with Crippen molar-refractivity contribution in [3.05, 3.63) is 63.1 Å². The lowest BCUT2D eigenvalue weighted by molar-refractivity contribution is -0.384. The number of alkyl halides is 7. The molecule has 2 aromatic heterocycles. The molecule has 0 saturated heterocycles. The van der Waals surface area contributed by atoms with Gasteiger partial charge < -0.3 is 9.30 Å². The molecule has 0 radical (unpaired) electrons. The molecule has 35 heavy (non-hydrogen) atoms. The number of hydrogen-bond donors (Lipinski definition) is 0. The number of ether oxygens (including phenoxy) is 1. The lowest BCUT2D eigenvalue weighted by Gasteiger charge is -2.30. The van der Waals surface area contributed by atoms with Crippen LogP contribution >= 0.6 is 11.6 Å². The van der Waals surface area contributed by atoms with Crippen molar-refractivity contribution in [3.63, 3.8) is 0 Å². The fraction of sp³-hybridized carbons (Fsp3) is 0.263. The van der Waals surface area contributed by atoms with E-state index in [4.69, 9.17) is 11.6 Å². The fourth-order valence-corrected chi connectivity index (χ4v) is 3.52. The highest BCUT2D eigenvalue weighted by Gasteiger charge is 2.75. The number of halogens is 8. The van der Waals surface area contributed by atoms with Crippen molar-refractivity contribution in [2.24, 2.45) is 7.05 Å². The normalized spacial score (nSPS) is 12.6. The predicted octanol–water partition coefficient (Wildman–Crippen LogP) is 5.52. The van der Waals surface area contributed by atoms with E-state index in [1.165, 1.54) is 18.2 Å². The number of benzene rings is 1. The fourth-order valence-electron chi connectivity index (χ4n) is 3.32. The molecule has 0 N–H and O–H groups in total. The minimum absolute atomic E-state index is 0.0225. The van der Waals surface area contributed by atoms with Crippen molar-refractivity contribution in [2.75, 3.05) is 7.11 Å². The second-order valence-electron chi connectivity index (χ2n) is 7.07. The maximum Gasteiger partial charge on any atom is 0.437 e. The van der Waals surface area contributed by atoms with Crippen LogP contribution in [0, 0.1) is 10.1 Å². The first-order chi connectivity index (χ1) is 16.0. The highest BCUT2D eigenvalue weighted by molar-refractivity contribution is 6.33. The van der Waals surface area contributed by atoms with E-state index in [-0.39, 0.29) is 32.3 Å². The summed E-state index contributed by atoms with van der Waals surface area (Å²) >= 11 is 5.93. The third-order valence-electron chi connectivity index (χ3n) is 5.02. The third kappa shape index (κ3) is 4.19. The zero-order valence-electron chi connectivity index (χ0n) is 17.4. The van der Waals surface area contributed by atoms with E-state index < -0.39 is 46.1 Å². The van der Waals surface area contributed by atoms with E-state index in [0.717, 1.165) is 19.5 Å². The van der Waals surface area contributed by atoms with E-state index in [1.807, 2.05) is 0 Å². The van der Waals surface area contributed by atoms with Crippen LogP contribution in [0.5, 0.6) is 0 Å². The molecule has 0 fully saturated rings. The van der Waals surface area contributed by atoms with Crippen molar-refractivity contribution < 1.29 is 45.2 Å². The van der Waals surface area contributed by atoms with Gasteiger partial charge in [-0.15, -0.1) is 0 Å². The molecular weight excluding hydrogens is 517 g/mol. The van der Waals surface area contributed by atoms with Crippen LogP contribution in [0.1, 0.15) is 16.1 Å². The minimum Gasteiger partial charge on any atom is -0.465 e. The van der Waals surface area contributed by atoms with Crippen LogP contribution < -0.4 is 0 Å². The van der Waals surface area contributed by atoms with E-state index in [2.05, 4.69) is 9.84 Å². The van der Waals surface area contributed by atoms with Gasteiger partial charge in [-0.25, -0.2) is 13.9 Å². The molecule has 0 saturated carbocycles. The van der Waals surface area contributed by atoms with Crippen molar-refractivity contribution in [3.8, 4) is 16.9 Å². The number of carbonyl (C=O) groups excluding carboxylic acids is 1. The molecule has 0 spiro atoms. The molecule has 16 heteroatoms. The number of esters is 1. The number of carbonyl (C=O) groups is 1.